The second-order valence-electron chi connectivity index (χ2n) is 4.78. The van der Waals surface area contributed by atoms with E-state index < -0.39 is 16.5 Å². The molecule has 0 fully saturated rings. The molecule has 6 heteroatoms. The van der Waals surface area contributed by atoms with Gasteiger partial charge in [0.05, 0.1) is 4.92 Å². The first-order chi connectivity index (χ1) is 9.36. The second-order valence-corrected chi connectivity index (χ2v) is 4.78. The van der Waals surface area contributed by atoms with Crippen molar-refractivity contribution >= 4 is 17.2 Å². The third kappa shape index (κ3) is 2.42. The zero-order valence-corrected chi connectivity index (χ0v) is 11.3. The minimum atomic E-state index is -1.86. The molecule has 0 bridgehead atoms. The Morgan fingerprint density at radius 2 is 1.95 bits per heavy atom. The van der Waals surface area contributed by atoms with Crippen LogP contribution in [0.4, 0.5) is 5.69 Å². The topological polar surface area (TPSA) is 89.7 Å². The molecule has 0 aromatic heterocycles. The number of benzene rings is 1. The van der Waals surface area contributed by atoms with Crippen LogP contribution in [0.3, 0.4) is 0 Å². The molecule has 1 aliphatic rings. The highest BCUT2D eigenvalue weighted by Gasteiger charge is 2.43. The number of Topliss-reactive ketones (excluding diaryl/α,β-unsaturated/α-hetero) is 1. The number of ketones is 1. The Kier molecular flexibility index (Phi) is 3.59. The van der Waals surface area contributed by atoms with Gasteiger partial charge in [-0.1, -0.05) is 13.3 Å². The predicted octanol–water partition coefficient (Wildman–Crippen LogP) is 2.41. The molecule has 1 unspecified atom stereocenters. The molecule has 0 saturated carbocycles. The van der Waals surface area contributed by atoms with Crippen LogP contribution in [0.1, 0.15) is 32.3 Å². The van der Waals surface area contributed by atoms with E-state index in [1.807, 2.05) is 6.92 Å². The van der Waals surface area contributed by atoms with Crippen LogP contribution in [-0.4, -0.2) is 21.6 Å². The lowest BCUT2D eigenvalue weighted by Crippen LogP contribution is -2.33. The first kappa shape index (κ1) is 14.2. The van der Waals surface area contributed by atoms with E-state index >= 15 is 0 Å². The molecule has 1 N–H and O–H groups in total. The van der Waals surface area contributed by atoms with E-state index in [4.69, 9.17) is 4.74 Å². The average molecular weight is 277 g/mol. The van der Waals surface area contributed by atoms with Gasteiger partial charge in [0.1, 0.15) is 5.76 Å². The number of aliphatic hydroxyl groups is 1. The number of ether oxygens (including phenoxy) is 1. The van der Waals surface area contributed by atoms with E-state index in [2.05, 4.69) is 0 Å². The van der Waals surface area contributed by atoms with Crippen LogP contribution in [0.5, 0.6) is 0 Å². The molecule has 1 atom stereocenters. The number of nitrogens with zero attached hydrogens (tertiary/aromatic N) is 1. The fraction of sp³-hybridized carbons (Fsp3) is 0.357. The molecule has 1 aromatic rings. The molecular formula is C14H15NO5. The van der Waals surface area contributed by atoms with Gasteiger partial charge in [-0.05, 0) is 18.6 Å². The molecule has 20 heavy (non-hydrogen) atoms. The Bertz CT molecular complexity index is 586. The van der Waals surface area contributed by atoms with Gasteiger partial charge in [-0.15, -0.1) is 0 Å². The van der Waals surface area contributed by atoms with Crippen molar-refractivity contribution in [2.24, 2.45) is 0 Å². The van der Waals surface area contributed by atoms with Crippen molar-refractivity contribution < 1.29 is 19.6 Å². The van der Waals surface area contributed by atoms with Crippen LogP contribution >= 0.6 is 0 Å². The highest BCUT2D eigenvalue weighted by atomic mass is 16.6. The molecule has 0 saturated heterocycles. The number of carbonyl (C=O) groups excluding carboxylic acids is 1. The fourth-order valence-corrected chi connectivity index (χ4v) is 2.13. The van der Waals surface area contributed by atoms with E-state index in [0.29, 0.717) is 23.3 Å². The SMILES string of the molecule is CCCC1=C(c2ccc([N+](=O)[O-])cc2)OC(C)(O)C1=O. The quantitative estimate of drug-likeness (QED) is 0.674. The summed E-state index contributed by atoms with van der Waals surface area (Å²) < 4.78 is 5.33. The van der Waals surface area contributed by atoms with E-state index in [1.54, 1.807) is 0 Å². The second kappa shape index (κ2) is 5.05. The summed E-state index contributed by atoms with van der Waals surface area (Å²) in [5, 5.41) is 20.5. The molecule has 0 aliphatic carbocycles. The standard InChI is InChI=1S/C14H15NO5/c1-3-4-11-12(20-14(2,17)13(11)16)9-5-7-10(8-6-9)15(18)19/h5-8,17H,3-4H2,1-2H3. The molecule has 1 heterocycles. The Morgan fingerprint density at radius 3 is 2.45 bits per heavy atom. The minimum Gasteiger partial charge on any atom is -0.454 e. The van der Waals surface area contributed by atoms with Crippen molar-refractivity contribution in [2.45, 2.75) is 32.5 Å². The Morgan fingerprint density at radius 1 is 1.35 bits per heavy atom. The van der Waals surface area contributed by atoms with Crippen LogP contribution in [0.25, 0.3) is 5.76 Å². The summed E-state index contributed by atoms with van der Waals surface area (Å²) in [6, 6.07) is 5.70. The number of carbonyl (C=O) groups is 1. The van der Waals surface area contributed by atoms with Gasteiger partial charge in [-0.25, -0.2) is 0 Å². The van der Waals surface area contributed by atoms with Crippen molar-refractivity contribution in [1.29, 1.82) is 0 Å². The first-order valence-electron chi connectivity index (χ1n) is 6.31. The predicted molar refractivity (Wildman–Crippen MR) is 71.6 cm³/mol. The van der Waals surface area contributed by atoms with Crippen LogP contribution in [0, 0.1) is 10.1 Å². The lowest BCUT2D eigenvalue weighted by Gasteiger charge is -2.16. The van der Waals surface area contributed by atoms with E-state index in [1.165, 1.54) is 31.2 Å². The van der Waals surface area contributed by atoms with Gasteiger partial charge in [0.2, 0.25) is 5.78 Å². The number of rotatable bonds is 4. The van der Waals surface area contributed by atoms with Gasteiger partial charge in [0.15, 0.2) is 0 Å². The van der Waals surface area contributed by atoms with Gasteiger partial charge in [-0.3, -0.25) is 14.9 Å². The van der Waals surface area contributed by atoms with Gasteiger partial charge in [0.25, 0.3) is 11.5 Å². The lowest BCUT2D eigenvalue weighted by atomic mass is 10.00. The van der Waals surface area contributed by atoms with Crippen LogP contribution < -0.4 is 0 Å². The van der Waals surface area contributed by atoms with E-state index in [-0.39, 0.29) is 5.69 Å². The highest BCUT2D eigenvalue weighted by molar-refractivity contribution is 6.09. The summed E-state index contributed by atoms with van der Waals surface area (Å²) in [6.45, 7) is 3.21. The number of hydrogen-bond donors (Lipinski definition) is 1. The summed E-state index contributed by atoms with van der Waals surface area (Å²) in [5.41, 5.74) is 0.930. The Balaban J connectivity index is 2.43. The maximum absolute atomic E-state index is 12.0. The summed E-state index contributed by atoms with van der Waals surface area (Å²) in [7, 11) is 0. The average Bonchev–Trinajstić information content (AvgIpc) is 2.63. The maximum Gasteiger partial charge on any atom is 0.269 e. The molecule has 0 radical (unpaired) electrons. The molecule has 0 spiro atoms. The van der Waals surface area contributed by atoms with E-state index in [0.717, 1.165) is 6.42 Å². The zero-order chi connectivity index (χ0) is 14.9. The monoisotopic (exact) mass is 277 g/mol. The van der Waals surface area contributed by atoms with Crippen LogP contribution in [0.2, 0.25) is 0 Å². The zero-order valence-electron chi connectivity index (χ0n) is 11.3. The summed E-state index contributed by atoms with van der Waals surface area (Å²) in [4.78, 5) is 22.2. The van der Waals surface area contributed by atoms with Crippen molar-refractivity contribution in [3.63, 3.8) is 0 Å². The number of hydrogen-bond acceptors (Lipinski definition) is 5. The molecule has 1 aromatic carbocycles. The largest absolute Gasteiger partial charge is 0.454 e. The Hall–Kier alpha value is -2.21. The smallest absolute Gasteiger partial charge is 0.269 e. The van der Waals surface area contributed by atoms with E-state index in [9.17, 15) is 20.0 Å². The van der Waals surface area contributed by atoms with Crippen LogP contribution in [-0.2, 0) is 9.53 Å². The number of non-ortho nitro benzene ring substituents is 1. The third-order valence-electron chi connectivity index (χ3n) is 3.11. The van der Waals surface area contributed by atoms with Gasteiger partial charge in [0, 0.05) is 30.2 Å². The molecular weight excluding hydrogens is 262 g/mol. The molecule has 1 aliphatic heterocycles. The van der Waals surface area contributed by atoms with Crippen molar-refractivity contribution in [3.8, 4) is 0 Å². The van der Waals surface area contributed by atoms with Crippen LogP contribution in [0.15, 0.2) is 29.8 Å². The highest BCUT2D eigenvalue weighted by Crippen LogP contribution is 2.37. The van der Waals surface area contributed by atoms with Gasteiger partial charge in [-0.2, -0.15) is 0 Å². The van der Waals surface area contributed by atoms with Crippen molar-refractivity contribution in [1.82, 2.24) is 0 Å². The minimum absolute atomic E-state index is 0.0394. The lowest BCUT2D eigenvalue weighted by molar-refractivity contribution is -0.384. The maximum atomic E-state index is 12.0. The fourth-order valence-electron chi connectivity index (χ4n) is 2.13. The van der Waals surface area contributed by atoms with Gasteiger partial charge < -0.3 is 9.84 Å². The summed E-state index contributed by atoms with van der Waals surface area (Å²) >= 11 is 0. The molecule has 0 amide bonds. The van der Waals surface area contributed by atoms with Crippen molar-refractivity contribution in [3.05, 3.63) is 45.5 Å². The first-order valence-corrected chi connectivity index (χ1v) is 6.31. The Labute approximate surface area is 115 Å². The number of nitro groups is 1. The molecule has 106 valence electrons. The third-order valence-corrected chi connectivity index (χ3v) is 3.11. The normalized spacial score (nSPS) is 22.1. The summed E-state index contributed by atoms with van der Waals surface area (Å²) in [6.07, 6.45) is 1.22. The number of nitro benzene ring substituents is 1. The molecule has 2 rings (SSSR count). The molecule has 6 nitrogen and oxygen atoms in total. The summed E-state index contributed by atoms with van der Waals surface area (Å²) in [5.74, 6) is -2.01. The van der Waals surface area contributed by atoms with Crippen molar-refractivity contribution in [2.75, 3.05) is 0 Å². The van der Waals surface area contributed by atoms with Gasteiger partial charge >= 0.3 is 0 Å².